The number of carbonyl (C=O) groups is 1. The van der Waals surface area contributed by atoms with E-state index in [-0.39, 0.29) is 11.9 Å². The molecule has 1 saturated heterocycles. The van der Waals surface area contributed by atoms with E-state index in [2.05, 4.69) is 25.5 Å². The zero-order valence-electron chi connectivity index (χ0n) is 14.2. The minimum absolute atomic E-state index is 0.220. The van der Waals surface area contributed by atoms with Gasteiger partial charge in [0.15, 0.2) is 0 Å². The van der Waals surface area contributed by atoms with Crippen molar-refractivity contribution < 1.29 is 9.90 Å². The molecule has 7 heteroatoms. The van der Waals surface area contributed by atoms with Crippen molar-refractivity contribution in [1.82, 2.24) is 20.2 Å². The van der Waals surface area contributed by atoms with Crippen LogP contribution >= 0.6 is 0 Å². The summed E-state index contributed by atoms with van der Waals surface area (Å²) in [5.41, 5.74) is 1.60. The van der Waals surface area contributed by atoms with Gasteiger partial charge in [-0.05, 0) is 30.2 Å². The highest BCUT2D eigenvalue weighted by molar-refractivity contribution is 5.98. The Balaban J connectivity index is 1.57. The van der Waals surface area contributed by atoms with Gasteiger partial charge >= 0.3 is 0 Å². The molecule has 3 N–H and O–H groups in total. The summed E-state index contributed by atoms with van der Waals surface area (Å²) in [5, 5.41) is 16.3. The summed E-state index contributed by atoms with van der Waals surface area (Å²) in [7, 11) is 1.73. The molecule has 25 heavy (non-hydrogen) atoms. The van der Waals surface area contributed by atoms with E-state index in [0.717, 1.165) is 18.7 Å². The van der Waals surface area contributed by atoms with E-state index in [1.165, 1.54) is 0 Å². The first-order valence-corrected chi connectivity index (χ1v) is 8.40. The second kappa shape index (κ2) is 8.04. The Morgan fingerprint density at radius 3 is 2.92 bits per heavy atom. The Morgan fingerprint density at radius 2 is 2.20 bits per heavy atom. The number of pyridine rings is 2. The van der Waals surface area contributed by atoms with Gasteiger partial charge in [-0.15, -0.1) is 0 Å². The maximum atomic E-state index is 12.5. The van der Waals surface area contributed by atoms with Crippen molar-refractivity contribution in [2.24, 2.45) is 0 Å². The molecule has 1 amide bonds. The SMILES string of the molecule is CNc1ncccc1C(=O)N[C@@H]1CCN(Cc2cccnc2)C[C@H]1O. The van der Waals surface area contributed by atoms with E-state index in [9.17, 15) is 9.90 Å². The highest BCUT2D eigenvalue weighted by Gasteiger charge is 2.29. The number of anilines is 1. The minimum atomic E-state index is -0.607. The predicted octanol–water partition coefficient (Wildman–Crippen LogP) is 0.883. The number of hydrogen-bond acceptors (Lipinski definition) is 6. The van der Waals surface area contributed by atoms with Gasteiger partial charge in [-0.2, -0.15) is 0 Å². The quantitative estimate of drug-likeness (QED) is 0.748. The second-order valence-corrected chi connectivity index (χ2v) is 6.18. The molecule has 0 aliphatic carbocycles. The first-order valence-electron chi connectivity index (χ1n) is 8.40. The molecular weight excluding hydrogens is 318 g/mol. The number of likely N-dealkylation sites (tertiary alicyclic amines) is 1. The first kappa shape index (κ1) is 17.3. The Morgan fingerprint density at radius 1 is 1.36 bits per heavy atom. The molecular formula is C18H23N5O2. The van der Waals surface area contributed by atoms with Gasteiger partial charge in [-0.3, -0.25) is 14.7 Å². The Kier molecular flexibility index (Phi) is 5.57. The van der Waals surface area contributed by atoms with Crippen LogP contribution in [0.3, 0.4) is 0 Å². The average Bonchev–Trinajstić information content (AvgIpc) is 2.64. The van der Waals surface area contributed by atoms with E-state index < -0.39 is 6.10 Å². The summed E-state index contributed by atoms with van der Waals surface area (Å²) >= 11 is 0. The van der Waals surface area contributed by atoms with Crippen molar-refractivity contribution >= 4 is 11.7 Å². The third-order valence-electron chi connectivity index (χ3n) is 4.40. The van der Waals surface area contributed by atoms with Gasteiger partial charge in [-0.25, -0.2) is 4.98 Å². The van der Waals surface area contributed by atoms with Gasteiger partial charge in [0.1, 0.15) is 5.82 Å². The van der Waals surface area contributed by atoms with Gasteiger partial charge in [0.2, 0.25) is 0 Å². The molecule has 132 valence electrons. The molecule has 0 saturated carbocycles. The standard InChI is InChI=1S/C18H23N5O2/c1-19-17-14(5-3-8-21-17)18(25)22-15-6-9-23(12-16(15)24)11-13-4-2-7-20-10-13/h2-5,7-8,10,15-16,24H,6,9,11-12H2,1H3,(H,19,21)(H,22,25)/t15-,16-/m1/s1. The summed E-state index contributed by atoms with van der Waals surface area (Å²) in [6.07, 6.45) is 5.31. The summed E-state index contributed by atoms with van der Waals surface area (Å²) in [4.78, 5) is 22.9. The van der Waals surface area contributed by atoms with Gasteiger partial charge < -0.3 is 15.7 Å². The molecule has 0 spiro atoms. The first-order chi connectivity index (χ1) is 12.2. The zero-order valence-corrected chi connectivity index (χ0v) is 14.2. The topological polar surface area (TPSA) is 90.4 Å². The van der Waals surface area contributed by atoms with Gasteiger partial charge in [0.05, 0.1) is 17.7 Å². The lowest BCUT2D eigenvalue weighted by Crippen LogP contribution is -2.53. The number of rotatable bonds is 5. The van der Waals surface area contributed by atoms with Crippen LogP contribution in [-0.2, 0) is 6.54 Å². The Labute approximate surface area is 147 Å². The molecule has 1 fully saturated rings. The normalized spacial score (nSPS) is 20.9. The van der Waals surface area contributed by atoms with Crippen LogP contribution in [0.15, 0.2) is 42.9 Å². The summed E-state index contributed by atoms with van der Waals surface area (Å²) in [5.74, 6) is 0.311. The fourth-order valence-corrected chi connectivity index (χ4v) is 3.09. The number of aromatic nitrogens is 2. The number of carbonyl (C=O) groups excluding carboxylic acids is 1. The molecule has 2 aromatic rings. The zero-order chi connectivity index (χ0) is 17.6. The van der Waals surface area contributed by atoms with E-state index in [4.69, 9.17) is 0 Å². The van der Waals surface area contributed by atoms with Crippen LogP contribution in [-0.4, -0.2) is 58.2 Å². The molecule has 3 rings (SSSR count). The molecule has 0 aromatic carbocycles. The number of amides is 1. The van der Waals surface area contributed by atoms with Crippen molar-refractivity contribution in [1.29, 1.82) is 0 Å². The fourth-order valence-electron chi connectivity index (χ4n) is 3.09. The number of nitrogens with one attached hydrogen (secondary N) is 2. The van der Waals surface area contributed by atoms with Crippen LogP contribution in [0.4, 0.5) is 5.82 Å². The van der Waals surface area contributed by atoms with Crippen LogP contribution < -0.4 is 10.6 Å². The third-order valence-corrected chi connectivity index (χ3v) is 4.40. The number of aliphatic hydroxyl groups excluding tert-OH is 1. The molecule has 7 nitrogen and oxygen atoms in total. The number of hydrogen-bond donors (Lipinski definition) is 3. The Hall–Kier alpha value is -2.51. The maximum Gasteiger partial charge on any atom is 0.255 e. The molecule has 0 radical (unpaired) electrons. The highest BCUT2D eigenvalue weighted by Crippen LogP contribution is 2.16. The third kappa shape index (κ3) is 4.32. The van der Waals surface area contributed by atoms with Gasteiger partial charge in [0, 0.05) is 45.3 Å². The highest BCUT2D eigenvalue weighted by atomic mass is 16.3. The summed E-state index contributed by atoms with van der Waals surface area (Å²) in [6.45, 7) is 2.08. The fraction of sp³-hybridized carbons (Fsp3) is 0.389. The van der Waals surface area contributed by atoms with Gasteiger partial charge in [0.25, 0.3) is 5.91 Å². The van der Waals surface area contributed by atoms with E-state index >= 15 is 0 Å². The average molecular weight is 341 g/mol. The van der Waals surface area contributed by atoms with E-state index in [1.54, 1.807) is 31.6 Å². The van der Waals surface area contributed by atoms with Crippen molar-refractivity contribution in [2.75, 3.05) is 25.5 Å². The van der Waals surface area contributed by atoms with Crippen LogP contribution in [0.2, 0.25) is 0 Å². The van der Waals surface area contributed by atoms with Crippen LogP contribution in [0.25, 0.3) is 0 Å². The maximum absolute atomic E-state index is 12.5. The van der Waals surface area contributed by atoms with Crippen LogP contribution in [0.5, 0.6) is 0 Å². The smallest absolute Gasteiger partial charge is 0.255 e. The second-order valence-electron chi connectivity index (χ2n) is 6.18. The van der Waals surface area contributed by atoms with Crippen LogP contribution in [0.1, 0.15) is 22.3 Å². The predicted molar refractivity (Wildman–Crippen MR) is 95.2 cm³/mol. The van der Waals surface area contributed by atoms with Crippen molar-refractivity contribution in [2.45, 2.75) is 25.1 Å². The lowest BCUT2D eigenvalue weighted by molar-refractivity contribution is 0.0349. The molecule has 0 unspecified atom stereocenters. The van der Waals surface area contributed by atoms with E-state index in [1.807, 2.05) is 18.3 Å². The summed E-state index contributed by atoms with van der Waals surface area (Å²) < 4.78 is 0. The van der Waals surface area contributed by atoms with Crippen molar-refractivity contribution in [3.05, 3.63) is 54.0 Å². The molecule has 1 aliphatic heterocycles. The molecule has 1 aliphatic rings. The molecule has 0 bridgehead atoms. The monoisotopic (exact) mass is 341 g/mol. The minimum Gasteiger partial charge on any atom is -0.390 e. The summed E-state index contributed by atoms with van der Waals surface area (Å²) in [6, 6.07) is 7.12. The Bertz CT molecular complexity index is 710. The number of piperidine rings is 1. The van der Waals surface area contributed by atoms with Crippen molar-refractivity contribution in [3.8, 4) is 0 Å². The van der Waals surface area contributed by atoms with Gasteiger partial charge in [-0.1, -0.05) is 6.07 Å². The van der Waals surface area contributed by atoms with E-state index in [0.29, 0.717) is 24.3 Å². The number of nitrogens with zero attached hydrogens (tertiary/aromatic N) is 3. The molecule has 2 atom stereocenters. The number of aliphatic hydroxyl groups is 1. The lowest BCUT2D eigenvalue weighted by atomic mass is 10.0. The van der Waals surface area contributed by atoms with Crippen LogP contribution in [0, 0.1) is 0 Å². The molecule has 3 heterocycles. The number of β-amino-alcohol motifs (C(OH)–C–C–N with tert-alkyl or cyclic N) is 1. The largest absolute Gasteiger partial charge is 0.390 e. The van der Waals surface area contributed by atoms with Crippen molar-refractivity contribution in [3.63, 3.8) is 0 Å². The molecule has 2 aromatic heterocycles. The lowest BCUT2D eigenvalue weighted by Gasteiger charge is -2.36.